The second-order valence-electron chi connectivity index (χ2n) is 8.71. The fourth-order valence-electron chi connectivity index (χ4n) is 3.17. The van der Waals surface area contributed by atoms with Crippen molar-refractivity contribution in [2.24, 2.45) is 0 Å². The van der Waals surface area contributed by atoms with Crippen molar-refractivity contribution in [2.75, 3.05) is 44.9 Å². The molecule has 10 nitrogen and oxygen atoms in total. The molecule has 2 aliphatic carbocycles. The molecule has 3 N–H and O–H groups in total. The summed E-state index contributed by atoms with van der Waals surface area (Å²) < 4.78 is 19.9. The van der Waals surface area contributed by atoms with E-state index in [-0.39, 0.29) is 34.5 Å². The molecule has 12 heteroatoms. The maximum absolute atomic E-state index is 14.4. The van der Waals surface area contributed by atoms with E-state index in [1.807, 2.05) is 19.0 Å². The third kappa shape index (κ3) is 9.37. The van der Waals surface area contributed by atoms with Crippen LogP contribution >= 0.6 is 12.2 Å². The van der Waals surface area contributed by atoms with Gasteiger partial charge in [0.05, 0.1) is 0 Å². The number of carbonyl (C=O) groups excluding carboxylic acids is 2. The number of nitrogens with zero attached hydrogens (tertiary/aromatic N) is 4. The predicted octanol–water partition coefficient (Wildman–Crippen LogP) is 4.32. The number of thiocarbonyl (C=S) groups is 1. The van der Waals surface area contributed by atoms with E-state index < -0.39 is 5.82 Å². The van der Waals surface area contributed by atoms with Crippen molar-refractivity contribution >= 4 is 40.8 Å². The van der Waals surface area contributed by atoms with Crippen LogP contribution < -0.4 is 20.7 Å². The van der Waals surface area contributed by atoms with Gasteiger partial charge < -0.3 is 25.2 Å². The molecule has 0 bridgehead atoms. The summed E-state index contributed by atoms with van der Waals surface area (Å²) in [7, 11) is 5.62. The maximum atomic E-state index is 14.4. The van der Waals surface area contributed by atoms with Crippen LogP contribution in [0.4, 0.5) is 20.7 Å². The zero-order valence-electron chi connectivity index (χ0n) is 21.6. The molecular weight excluding hydrogens is 509 g/mol. The van der Waals surface area contributed by atoms with E-state index in [2.05, 4.69) is 50.2 Å². The number of benzene rings is 2. The molecule has 200 valence electrons. The molecule has 1 aromatic carbocycles. The average Bonchev–Trinajstić information content (AvgIpc) is 3.44. The van der Waals surface area contributed by atoms with Crippen LogP contribution in [0.2, 0.25) is 0 Å². The normalized spacial score (nSPS) is 10.6. The Bertz CT molecular complexity index is 1290. The highest BCUT2D eigenvalue weighted by molar-refractivity contribution is 7.80. The first-order chi connectivity index (χ1) is 18.1. The quantitative estimate of drug-likeness (QED) is 0.284. The Morgan fingerprint density at radius 3 is 2.32 bits per heavy atom. The molecule has 2 aliphatic rings. The van der Waals surface area contributed by atoms with Crippen LogP contribution in [0.15, 0.2) is 54.9 Å². The number of hydrogen-bond acceptors (Lipinski definition) is 7. The van der Waals surface area contributed by atoms with E-state index in [0.717, 1.165) is 19.0 Å². The van der Waals surface area contributed by atoms with Crippen molar-refractivity contribution < 1.29 is 18.7 Å². The van der Waals surface area contributed by atoms with E-state index in [1.54, 1.807) is 11.9 Å². The second kappa shape index (κ2) is 13.4. The second-order valence-corrected chi connectivity index (χ2v) is 9.12. The van der Waals surface area contributed by atoms with Crippen LogP contribution in [0.5, 0.6) is 11.6 Å². The number of anilines is 2. The molecule has 3 amide bonds. The first kappa shape index (κ1) is 28.4. The summed E-state index contributed by atoms with van der Waals surface area (Å²) in [4.78, 5) is 34.8. The number of ether oxygens (including phenoxy) is 1. The Balaban J connectivity index is 0.000000572. The Kier molecular flexibility index (Phi) is 10.0. The van der Waals surface area contributed by atoms with Crippen LogP contribution in [0.3, 0.4) is 0 Å². The van der Waals surface area contributed by atoms with Crippen molar-refractivity contribution in [1.29, 1.82) is 0 Å². The number of nitrogens with one attached hydrogen (secondary N) is 3. The van der Waals surface area contributed by atoms with Crippen molar-refractivity contribution in [1.82, 2.24) is 25.1 Å². The molecule has 2 aromatic rings. The molecule has 0 saturated heterocycles. The van der Waals surface area contributed by atoms with Gasteiger partial charge in [-0.05, 0) is 68.6 Å². The molecular formula is C26H30FN7O3S. The lowest BCUT2D eigenvalue weighted by Gasteiger charge is -2.19. The van der Waals surface area contributed by atoms with Crippen LogP contribution in [0.1, 0.15) is 13.3 Å². The molecule has 38 heavy (non-hydrogen) atoms. The summed E-state index contributed by atoms with van der Waals surface area (Å²) in [6, 6.07) is 13.6. The summed E-state index contributed by atoms with van der Waals surface area (Å²) in [5.41, 5.74) is 3.19. The van der Waals surface area contributed by atoms with Gasteiger partial charge in [0.2, 0.25) is 11.8 Å². The predicted molar refractivity (Wildman–Crippen MR) is 149 cm³/mol. The van der Waals surface area contributed by atoms with E-state index in [0.29, 0.717) is 12.2 Å². The number of aromatic nitrogens is 2. The topological polar surface area (TPSA) is 112 Å². The highest BCUT2D eigenvalue weighted by Gasteiger charge is 2.12. The van der Waals surface area contributed by atoms with Crippen LogP contribution in [0.25, 0.3) is 11.1 Å². The average molecular weight is 540 g/mol. The van der Waals surface area contributed by atoms with Gasteiger partial charge in [-0.25, -0.2) is 19.2 Å². The Morgan fingerprint density at radius 1 is 1.00 bits per heavy atom. The first-order valence-electron chi connectivity index (χ1n) is 11.8. The van der Waals surface area contributed by atoms with E-state index in [1.165, 1.54) is 42.6 Å². The van der Waals surface area contributed by atoms with Crippen molar-refractivity contribution in [3.63, 3.8) is 0 Å². The van der Waals surface area contributed by atoms with Gasteiger partial charge in [0.1, 0.15) is 12.1 Å². The molecule has 4 rings (SSSR count). The lowest BCUT2D eigenvalue weighted by molar-refractivity contribution is -0.117. The number of carbonyl (C=O) groups is 2. The number of halogens is 1. The third-order valence-electron chi connectivity index (χ3n) is 5.13. The van der Waals surface area contributed by atoms with Crippen LogP contribution in [-0.2, 0) is 4.79 Å². The Morgan fingerprint density at radius 2 is 1.74 bits per heavy atom. The van der Waals surface area contributed by atoms with Gasteiger partial charge in [0.15, 0.2) is 16.7 Å². The van der Waals surface area contributed by atoms with Gasteiger partial charge in [-0.15, -0.1) is 0 Å². The summed E-state index contributed by atoms with van der Waals surface area (Å²) in [5, 5.41) is 7.78. The summed E-state index contributed by atoms with van der Waals surface area (Å²) in [5.74, 6) is -0.824. The van der Waals surface area contributed by atoms with E-state index in [9.17, 15) is 14.0 Å². The summed E-state index contributed by atoms with van der Waals surface area (Å²) in [6.45, 7) is 2.75. The standard InChI is InChI=1S/C20H26FN7O3S.C6H4/c1-13(29)24-19(32)25-14-6-7-16(15(21)10-14)31-18-11-17(22-12-23-18)26-20(30)28(4)9-5-8-27(2)3;1-2-5-4-6(5)3-1/h6-7,10-12H,5,8-9H2,1-4H3,(H,22,23,26,30)(H2,24,25,29,32);1-4H. The molecule has 0 spiro atoms. The van der Waals surface area contributed by atoms with Gasteiger partial charge >= 0.3 is 6.03 Å². The third-order valence-corrected chi connectivity index (χ3v) is 5.33. The van der Waals surface area contributed by atoms with E-state index >= 15 is 0 Å². The van der Waals surface area contributed by atoms with Gasteiger partial charge in [-0.2, -0.15) is 0 Å². The number of urea groups is 1. The molecule has 0 atom stereocenters. The molecule has 0 radical (unpaired) electrons. The highest BCUT2D eigenvalue weighted by atomic mass is 32.1. The number of amides is 3. The fraction of sp³-hybridized carbons (Fsp3) is 0.269. The zero-order chi connectivity index (χ0) is 27.7. The Labute approximate surface area is 226 Å². The van der Waals surface area contributed by atoms with Crippen molar-refractivity contribution in [3.05, 3.63) is 60.7 Å². The summed E-state index contributed by atoms with van der Waals surface area (Å²) >= 11 is 4.94. The smallest absolute Gasteiger partial charge is 0.322 e. The van der Waals surface area contributed by atoms with Crippen molar-refractivity contribution in [2.45, 2.75) is 13.3 Å². The largest absolute Gasteiger partial charge is 0.436 e. The summed E-state index contributed by atoms with van der Waals surface area (Å²) in [6.07, 6.45) is 2.03. The molecule has 1 heterocycles. The van der Waals surface area contributed by atoms with Crippen LogP contribution in [-0.4, -0.2) is 71.1 Å². The van der Waals surface area contributed by atoms with Gasteiger partial charge in [-0.1, -0.05) is 18.2 Å². The molecule has 0 fully saturated rings. The zero-order valence-corrected chi connectivity index (χ0v) is 22.4. The van der Waals surface area contributed by atoms with E-state index in [4.69, 9.17) is 17.0 Å². The van der Waals surface area contributed by atoms with Gasteiger partial charge in [-0.3, -0.25) is 10.1 Å². The molecule has 0 aliphatic heterocycles. The monoisotopic (exact) mass is 539 g/mol. The molecule has 0 unspecified atom stereocenters. The lowest BCUT2D eigenvalue weighted by Crippen LogP contribution is -2.33. The number of fused-ring (bicyclic) bond motifs is 1. The van der Waals surface area contributed by atoms with Crippen molar-refractivity contribution in [3.8, 4) is 22.8 Å². The first-order valence-corrected chi connectivity index (χ1v) is 12.2. The fourth-order valence-corrected chi connectivity index (χ4v) is 3.43. The number of hydrogen-bond donors (Lipinski definition) is 3. The van der Waals surface area contributed by atoms with Crippen LogP contribution in [0, 0.1) is 5.82 Å². The van der Waals surface area contributed by atoms with Gasteiger partial charge in [0.25, 0.3) is 0 Å². The minimum Gasteiger partial charge on any atom is -0.436 e. The van der Waals surface area contributed by atoms with Gasteiger partial charge in [0, 0.05) is 38.3 Å². The minimum atomic E-state index is -0.676. The minimum absolute atomic E-state index is 0.0495. The molecule has 1 aromatic heterocycles. The lowest BCUT2D eigenvalue weighted by atomic mass is 10.3. The molecule has 0 saturated carbocycles. The number of rotatable bonds is 8. The Hall–Kier alpha value is -4.16. The highest BCUT2D eigenvalue weighted by Crippen LogP contribution is 2.32. The SMILES string of the molecule is CC(=O)NC(=S)Nc1ccc(Oc2cc(NC(=O)N(C)CCCN(C)C)ncn2)c(F)c1.c1cc2cc-2c1. The maximum Gasteiger partial charge on any atom is 0.322 e.